The van der Waals surface area contributed by atoms with Crippen LogP contribution in [0.2, 0.25) is 0 Å². The molecule has 0 aliphatic rings. The van der Waals surface area contributed by atoms with Crippen molar-refractivity contribution >= 4 is 11.8 Å². The molecule has 0 radical (unpaired) electrons. The van der Waals surface area contributed by atoms with Crippen LogP contribution < -0.4 is 0 Å². The first-order valence-corrected chi connectivity index (χ1v) is 6.04. The van der Waals surface area contributed by atoms with Crippen molar-refractivity contribution in [2.45, 2.75) is 12.3 Å². The molecule has 0 bridgehead atoms. The molecule has 0 amide bonds. The van der Waals surface area contributed by atoms with Gasteiger partial charge in [0.1, 0.15) is 0 Å². The van der Waals surface area contributed by atoms with E-state index in [2.05, 4.69) is 0 Å². The van der Waals surface area contributed by atoms with Crippen LogP contribution in [0.15, 0.2) is 60.7 Å². The van der Waals surface area contributed by atoms with E-state index in [1.807, 2.05) is 12.1 Å². The maximum absolute atomic E-state index is 12.1. The van der Waals surface area contributed by atoms with E-state index in [1.165, 1.54) is 0 Å². The minimum Gasteiger partial charge on any atom is -0.481 e. The summed E-state index contributed by atoms with van der Waals surface area (Å²) >= 11 is 0. The third-order valence-corrected chi connectivity index (χ3v) is 2.99. The first kappa shape index (κ1) is 13.0. The Labute approximate surface area is 111 Å². The highest BCUT2D eigenvalue weighted by Crippen LogP contribution is 2.22. The van der Waals surface area contributed by atoms with Gasteiger partial charge in [0, 0.05) is 12.0 Å². The molecule has 0 aromatic heterocycles. The zero-order chi connectivity index (χ0) is 13.7. The fraction of sp³-hybridized carbons (Fsp3) is 0.125. The van der Waals surface area contributed by atoms with E-state index >= 15 is 0 Å². The van der Waals surface area contributed by atoms with E-state index in [0.29, 0.717) is 11.1 Å². The monoisotopic (exact) mass is 254 g/mol. The van der Waals surface area contributed by atoms with Gasteiger partial charge in [-0.15, -0.1) is 0 Å². The Hall–Kier alpha value is -2.42. The number of carbonyl (C=O) groups excluding carboxylic acids is 1. The van der Waals surface area contributed by atoms with Crippen LogP contribution in [0.1, 0.15) is 28.3 Å². The molecular weight excluding hydrogens is 240 g/mol. The van der Waals surface area contributed by atoms with Crippen LogP contribution in [0.5, 0.6) is 0 Å². The van der Waals surface area contributed by atoms with Crippen molar-refractivity contribution in [3.05, 3.63) is 71.8 Å². The summed E-state index contributed by atoms with van der Waals surface area (Å²) in [5.41, 5.74) is 1.20. The highest BCUT2D eigenvalue weighted by atomic mass is 16.4. The summed E-state index contributed by atoms with van der Waals surface area (Å²) in [6.07, 6.45) is -0.0244. The molecule has 0 spiro atoms. The maximum atomic E-state index is 12.1. The molecule has 0 aliphatic carbocycles. The average molecular weight is 254 g/mol. The Balaban J connectivity index is 2.19. The molecule has 0 heterocycles. The van der Waals surface area contributed by atoms with Crippen LogP contribution in [-0.4, -0.2) is 16.9 Å². The first-order valence-electron chi connectivity index (χ1n) is 6.04. The van der Waals surface area contributed by atoms with Gasteiger partial charge in [-0.05, 0) is 5.56 Å². The predicted molar refractivity (Wildman–Crippen MR) is 72.2 cm³/mol. The quantitative estimate of drug-likeness (QED) is 0.834. The van der Waals surface area contributed by atoms with Crippen molar-refractivity contribution in [2.75, 3.05) is 0 Å². The van der Waals surface area contributed by atoms with Gasteiger partial charge in [0.2, 0.25) is 0 Å². The minimum atomic E-state index is -0.976. The number of rotatable bonds is 5. The third-order valence-electron chi connectivity index (χ3n) is 2.99. The molecule has 2 rings (SSSR count). The number of ketones is 1. The summed E-state index contributed by atoms with van der Waals surface area (Å²) in [5, 5.41) is 9.27. The topological polar surface area (TPSA) is 54.4 Å². The first-order chi connectivity index (χ1) is 9.18. The molecule has 0 aliphatic heterocycles. The largest absolute Gasteiger partial charge is 0.481 e. The zero-order valence-electron chi connectivity index (χ0n) is 10.3. The number of hydrogen-bond acceptors (Lipinski definition) is 2. The number of hydrogen-bond donors (Lipinski definition) is 1. The van der Waals surface area contributed by atoms with E-state index in [4.69, 9.17) is 0 Å². The lowest BCUT2D eigenvalue weighted by atomic mass is 9.92. The minimum absolute atomic E-state index is 0.0244. The second-order valence-electron chi connectivity index (χ2n) is 4.29. The molecule has 0 unspecified atom stereocenters. The maximum Gasteiger partial charge on any atom is 0.311 e. The number of benzene rings is 2. The molecule has 2 aromatic carbocycles. The fourth-order valence-corrected chi connectivity index (χ4v) is 1.96. The smallest absolute Gasteiger partial charge is 0.311 e. The SMILES string of the molecule is O=C(C[C@H](C(=O)O)c1ccccc1)c1ccccc1. The summed E-state index contributed by atoms with van der Waals surface area (Å²) in [6.45, 7) is 0. The number of carbonyl (C=O) groups is 2. The molecule has 2 aromatic rings. The molecule has 0 fully saturated rings. The summed E-state index contributed by atoms with van der Waals surface area (Å²) in [6, 6.07) is 17.6. The third kappa shape index (κ3) is 3.28. The van der Waals surface area contributed by atoms with E-state index < -0.39 is 11.9 Å². The van der Waals surface area contributed by atoms with Crippen molar-refractivity contribution in [3.8, 4) is 0 Å². The molecule has 1 N–H and O–H groups in total. The van der Waals surface area contributed by atoms with Gasteiger partial charge >= 0.3 is 5.97 Å². The van der Waals surface area contributed by atoms with Crippen LogP contribution in [0, 0.1) is 0 Å². The van der Waals surface area contributed by atoms with Gasteiger partial charge in [0.25, 0.3) is 0 Å². The molecule has 1 atom stereocenters. The zero-order valence-corrected chi connectivity index (χ0v) is 10.3. The Morgan fingerprint density at radius 1 is 0.895 bits per heavy atom. The van der Waals surface area contributed by atoms with E-state index in [1.54, 1.807) is 48.5 Å². The lowest BCUT2D eigenvalue weighted by Crippen LogP contribution is -2.16. The Kier molecular flexibility index (Phi) is 4.08. The number of Topliss-reactive ketones (excluding diaryl/α,β-unsaturated/α-hetero) is 1. The molecule has 19 heavy (non-hydrogen) atoms. The molecule has 96 valence electrons. The van der Waals surface area contributed by atoms with Crippen molar-refractivity contribution in [1.82, 2.24) is 0 Å². The van der Waals surface area contributed by atoms with Crippen molar-refractivity contribution < 1.29 is 14.7 Å². The van der Waals surface area contributed by atoms with Crippen molar-refractivity contribution in [1.29, 1.82) is 0 Å². The van der Waals surface area contributed by atoms with Crippen molar-refractivity contribution in [2.24, 2.45) is 0 Å². The van der Waals surface area contributed by atoms with Crippen LogP contribution in [0.4, 0.5) is 0 Å². The molecule has 0 saturated heterocycles. The summed E-state index contributed by atoms with van der Waals surface area (Å²) < 4.78 is 0. The lowest BCUT2D eigenvalue weighted by Gasteiger charge is -2.11. The highest BCUT2D eigenvalue weighted by molar-refractivity contribution is 5.99. The molecular formula is C16H14O3. The van der Waals surface area contributed by atoms with Crippen LogP contribution in [0.3, 0.4) is 0 Å². The van der Waals surface area contributed by atoms with Gasteiger partial charge in [0.05, 0.1) is 5.92 Å². The normalized spacial score (nSPS) is 11.8. The van der Waals surface area contributed by atoms with Gasteiger partial charge in [-0.3, -0.25) is 9.59 Å². The van der Waals surface area contributed by atoms with Crippen LogP contribution >= 0.6 is 0 Å². The van der Waals surface area contributed by atoms with E-state index in [0.717, 1.165) is 0 Å². The van der Waals surface area contributed by atoms with Crippen molar-refractivity contribution in [3.63, 3.8) is 0 Å². The summed E-state index contributed by atoms with van der Waals surface area (Å²) in [4.78, 5) is 23.4. The van der Waals surface area contributed by atoms with Gasteiger partial charge in [-0.2, -0.15) is 0 Å². The average Bonchev–Trinajstić information content (AvgIpc) is 2.46. The Morgan fingerprint density at radius 2 is 1.42 bits per heavy atom. The molecule has 3 heteroatoms. The predicted octanol–water partition coefficient (Wildman–Crippen LogP) is 3.13. The van der Waals surface area contributed by atoms with Crippen LogP contribution in [0.25, 0.3) is 0 Å². The Bertz CT molecular complexity index is 561. The van der Waals surface area contributed by atoms with Gasteiger partial charge < -0.3 is 5.11 Å². The number of carboxylic acids is 1. The number of aliphatic carboxylic acids is 1. The highest BCUT2D eigenvalue weighted by Gasteiger charge is 2.23. The number of carboxylic acid groups (broad SMARTS) is 1. The van der Waals surface area contributed by atoms with Crippen LogP contribution in [-0.2, 0) is 4.79 Å². The molecule has 3 nitrogen and oxygen atoms in total. The second-order valence-corrected chi connectivity index (χ2v) is 4.29. The van der Waals surface area contributed by atoms with E-state index in [9.17, 15) is 14.7 Å². The van der Waals surface area contributed by atoms with Gasteiger partial charge in [0.15, 0.2) is 5.78 Å². The standard InChI is InChI=1S/C16H14O3/c17-15(13-9-5-2-6-10-13)11-14(16(18)19)12-7-3-1-4-8-12/h1-10,14H,11H2,(H,18,19)/t14-/m0/s1. The second kappa shape index (κ2) is 5.96. The van der Waals surface area contributed by atoms with Gasteiger partial charge in [-0.25, -0.2) is 0 Å². The Morgan fingerprint density at radius 3 is 1.95 bits per heavy atom. The summed E-state index contributed by atoms with van der Waals surface area (Å²) in [7, 11) is 0. The summed E-state index contributed by atoms with van der Waals surface area (Å²) in [5.74, 6) is -1.93. The lowest BCUT2D eigenvalue weighted by molar-refractivity contribution is -0.138. The fourth-order valence-electron chi connectivity index (χ4n) is 1.96. The van der Waals surface area contributed by atoms with Gasteiger partial charge in [-0.1, -0.05) is 60.7 Å². The van der Waals surface area contributed by atoms with E-state index in [-0.39, 0.29) is 12.2 Å². The molecule has 0 saturated carbocycles.